The normalized spacial score (nSPS) is 24.0. The number of nitrogens with zero attached hydrogens (tertiary/aromatic N) is 9. The molecule has 2 N–H and O–H groups in total. The van der Waals surface area contributed by atoms with Crippen LogP contribution in [0.2, 0.25) is 0 Å². The predicted molar refractivity (Wildman–Crippen MR) is 233 cm³/mol. The minimum absolute atomic E-state index is 0.0287. The summed E-state index contributed by atoms with van der Waals surface area (Å²) in [5.41, 5.74) is 1.19. The van der Waals surface area contributed by atoms with E-state index in [1.165, 1.54) is 33.9 Å². The molecule has 68 heavy (non-hydrogen) atoms. The van der Waals surface area contributed by atoms with Gasteiger partial charge in [0.05, 0.1) is 59.9 Å². The van der Waals surface area contributed by atoms with Crippen molar-refractivity contribution < 1.29 is 50.2 Å². The van der Waals surface area contributed by atoms with E-state index >= 15 is 4.39 Å². The molecule has 5 aromatic rings. The number of aromatic nitrogens is 7. The Labute approximate surface area is 385 Å². The van der Waals surface area contributed by atoms with Crippen molar-refractivity contribution in [2.45, 2.75) is 94.2 Å². The van der Waals surface area contributed by atoms with Crippen LogP contribution in [0.15, 0.2) is 54.7 Å². The summed E-state index contributed by atoms with van der Waals surface area (Å²) in [4.78, 5) is 45.4. The largest absolute Gasteiger partial charge is 0.482 e. The number of anilines is 2. The average Bonchev–Trinajstić information content (AvgIpc) is 3.74. The molecule has 0 radical (unpaired) electrons. The molecule has 0 bridgehead atoms. The molecule has 3 aliphatic heterocycles. The zero-order valence-corrected chi connectivity index (χ0v) is 36.6. The molecular weight excluding hydrogens is 901 g/mol. The fourth-order valence-corrected chi connectivity index (χ4v) is 9.73. The third kappa shape index (κ3) is 9.24. The molecule has 10 rings (SSSR count). The summed E-state index contributed by atoms with van der Waals surface area (Å²) in [6.45, 7) is 0.623. The van der Waals surface area contributed by atoms with E-state index in [9.17, 15) is 36.3 Å². The molecule has 5 aliphatic rings. The summed E-state index contributed by atoms with van der Waals surface area (Å²) in [7, 11) is 0. The number of imide groups is 1. The van der Waals surface area contributed by atoms with Crippen molar-refractivity contribution in [3.8, 4) is 11.8 Å². The molecule has 2 aliphatic carbocycles. The SMILES string of the molecule is O=C1CCC(c2nn(C3CC3)c3c(C#CCOC4=CCN(CC5CCC(n6cc(NC(=O)c7cnn8ccc(N9CCOCC9C(F)(F)F)nc78)c(C(F)F)n6)CC5)C[C@H]4F)cccc23)C(=O)N1. The highest BCUT2D eigenvalue weighted by molar-refractivity contribution is 6.08. The van der Waals surface area contributed by atoms with Crippen molar-refractivity contribution in [3.05, 3.63) is 77.2 Å². The molecule has 7 heterocycles. The Bertz CT molecular complexity index is 2840. The van der Waals surface area contributed by atoms with Crippen molar-refractivity contribution in [1.29, 1.82) is 0 Å². The van der Waals surface area contributed by atoms with Crippen molar-refractivity contribution in [1.82, 2.24) is 44.4 Å². The third-order valence-corrected chi connectivity index (χ3v) is 13.4. The van der Waals surface area contributed by atoms with Crippen molar-refractivity contribution in [2.75, 3.05) is 56.2 Å². The van der Waals surface area contributed by atoms with E-state index < -0.39 is 48.9 Å². The van der Waals surface area contributed by atoms with Crippen LogP contribution in [-0.2, 0) is 19.1 Å². The van der Waals surface area contributed by atoms with Crippen LogP contribution in [-0.4, -0.2) is 121 Å². The topological polar surface area (TPSA) is 166 Å². The number of fused-ring (bicyclic) bond motifs is 2. The number of hydrogen-bond donors (Lipinski definition) is 2. The van der Waals surface area contributed by atoms with Gasteiger partial charge in [-0.1, -0.05) is 24.0 Å². The van der Waals surface area contributed by atoms with Gasteiger partial charge < -0.3 is 19.7 Å². The quantitative estimate of drug-likeness (QED) is 0.0853. The molecule has 22 heteroatoms. The number of nitrogens with one attached hydrogen (secondary N) is 2. The van der Waals surface area contributed by atoms with E-state index in [2.05, 4.69) is 37.7 Å². The molecule has 4 fully saturated rings. The zero-order chi connectivity index (χ0) is 47.3. The lowest BCUT2D eigenvalue weighted by atomic mass is 9.85. The maximum atomic E-state index is 15.5. The lowest BCUT2D eigenvalue weighted by molar-refractivity contribution is -0.167. The summed E-state index contributed by atoms with van der Waals surface area (Å²) in [5, 5.41) is 18.9. The predicted octanol–water partition coefficient (Wildman–Crippen LogP) is 6.43. The second kappa shape index (κ2) is 18.6. The standard InChI is InChI=1S/C46H47F6N11O5/c47-33-23-59(16-14-35(33)68-19-2-4-27-3-1-5-30-39(31-12-13-38(64)56-44(31)65)58-63(41(27)30)29-10-11-29)22-26-6-8-28(9-7-26)62-24-34(40(57-62)42(48)49)54-45(66)32-21-53-61-17-15-37(55-43(32)61)60-18-20-67-25-36(60)46(50,51)52/h1,3,5,14-15,17,21,24,26,28-29,31,33,36,42H,6-13,16,18-20,22-23,25H2,(H,54,66)(H,56,64,65)/t26?,28?,31?,33-,36?/m1/s1. The molecule has 2 unspecified atom stereocenters. The third-order valence-electron chi connectivity index (χ3n) is 13.4. The van der Waals surface area contributed by atoms with Gasteiger partial charge in [0.2, 0.25) is 11.8 Å². The Morgan fingerprint density at radius 3 is 2.60 bits per heavy atom. The molecule has 2 saturated heterocycles. The van der Waals surface area contributed by atoms with Gasteiger partial charge in [-0.2, -0.15) is 28.5 Å². The first kappa shape index (κ1) is 45.3. The number of carbonyl (C=O) groups excluding carboxylic acids is 3. The van der Waals surface area contributed by atoms with E-state index in [1.54, 1.807) is 6.08 Å². The fourth-order valence-electron chi connectivity index (χ4n) is 9.73. The van der Waals surface area contributed by atoms with Crippen LogP contribution >= 0.6 is 0 Å². The molecule has 2 saturated carbocycles. The van der Waals surface area contributed by atoms with Crippen LogP contribution in [0.25, 0.3) is 16.6 Å². The van der Waals surface area contributed by atoms with Gasteiger partial charge >= 0.3 is 6.18 Å². The van der Waals surface area contributed by atoms with Gasteiger partial charge in [-0.25, -0.2) is 22.7 Å². The number of alkyl halides is 6. The van der Waals surface area contributed by atoms with E-state index in [0.717, 1.165) is 47.0 Å². The number of halogens is 6. The lowest BCUT2D eigenvalue weighted by Crippen LogP contribution is -2.54. The summed E-state index contributed by atoms with van der Waals surface area (Å²) < 4.78 is 101. The molecule has 16 nitrogen and oxygen atoms in total. The maximum Gasteiger partial charge on any atom is 0.411 e. The van der Waals surface area contributed by atoms with Crippen molar-refractivity contribution in [3.63, 3.8) is 0 Å². The lowest BCUT2D eigenvalue weighted by Gasteiger charge is -2.37. The highest BCUT2D eigenvalue weighted by Crippen LogP contribution is 2.41. The summed E-state index contributed by atoms with van der Waals surface area (Å²) >= 11 is 0. The Morgan fingerprint density at radius 2 is 1.85 bits per heavy atom. The van der Waals surface area contributed by atoms with Gasteiger partial charge in [0.1, 0.15) is 29.8 Å². The number of amides is 3. The van der Waals surface area contributed by atoms with Crippen LogP contribution in [0.4, 0.5) is 37.8 Å². The fraction of sp³-hybridized carbons (Fsp3) is 0.500. The highest BCUT2D eigenvalue weighted by Gasteiger charge is 2.46. The molecule has 358 valence electrons. The number of rotatable bonds is 11. The van der Waals surface area contributed by atoms with E-state index in [-0.39, 0.29) is 91.0 Å². The first-order valence-corrected chi connectivity index (χ1v) is 22.8. The molecule has 3 amide bonds. The minimum Gasteiger partial charge on any atom is -0.482 e. The summed E-state index contributed by atoms with van der Waals surface area (Å²) in [5.74, 6) is 4.63. The smallest absolute Gasteiger partial charge is 0.411 e. The van der Waals surface area contributed by atoms with Crippen LogP contribution in [0, 0.1) is 17.8 Å². The number of ether oxygens (including phenoxy) is 2. The monoisotopic (exact) mass is 947 g/mol. The Balaban J connectivity index is 0.732. The molecule has 1 aromatic carbocycles. The number of para-hydroxylation sites is 1. The van der Waals surface area contributed by atoms with Crippen LogP contribution in [0.1, 0.15) is 103 Å². The Kier molecular flexibility index (Phi) is 12.4. The van der Waals surface area contributed by atoms with Crippen LogP contribution < -0.4 is 15.5 Å². The minimum atomic E-state index is -4.60. The van der Waals surface area contributed by atoms with Gasteiger partial charge in [-0.15, -0.1) is 0 Å². The average molecular weight is 948 g/mol. The highest BCUT2D eigenvalue weighted by atomic mass is 19.4. The second-order valence-corrected chi connectivity index (χ2v) is 17.9. The maximum absolute atomic E-state index is 15.5. The van der Waals surface area contributed by atoms with E-state index in [4.69, 9.17) is 14.6 Å². The number of piperidine rings is 1. The molecule has 4 aromatic heterocycles. The van der Waals surface area contributed by atoms with Crippen molar-refractivity contribution in [2.24, 2.45) is 5.92 Å². The molecular formula is C46H47F6N11O5. The Morgan fingerprint density at radius 1 is 1.04 bits per heavy atom. The molecule has 0 spiro atoms. The summed E-state index contributed by atoms with van der Waals surface area (Å²) in [6, 6.07) is 5.07. The second-order valence-electron chi connectivity index (χ2n) is 17.9. The van der Waals surface area contributed by atoms with Gasteiger partial charge in [0.25, 0.3) is 12.3 Å². The van der Waals surface area contributed by atoms with Gasteiger partial charge in [0, 0.05) is 50.4 Å². The Hall–Kier alpha value is -6.47. The first-order valence-electron chi connectivity index (χ1n) is 22.8. The van der Waals surface area contributed by atoms with Gasteiger partial charge in [-0.05, 0) is 69.1 Å². The zero-order valence-electron chi connectivity index (χ0n) is 36.6. The first-order chi connectivity index (χ1) is 32.8. The van der Waals surface area contributed by atoms with Gasteiger partial charge in [-0.3, -0.25) is 34.0 Å². The van der Waals surface area contributed by atoms with E-state index in [0.29, 0.717) is 38.0 Å². The van der Waals surface area contributed by atoms with E-state index in [1.807, 2.05) is 27.8 Å². The number of morpholine rings is 1. The molecule has 3 atom stereocenters. The number of carbonyl (C=O) groups is 3. The van der Waals surface area contributed by atoms with Crippen LogP contribution in [0.3, 0.4) is 0 Å². The summed E-state index contributed by atoms with van der Waals surface area (Å²) in [6.07, 6.45) is 1.97. The van der Waals surface area contributed by atoms with Crippen molar-refractivity contribution >= 4 is 45.8 Å². The van der Waals surface area contributed by atoms with Gasteiger partial charge in [0.15, 0.2) is 17.5 Å². The number of hydrogen-bond acceptors (Lipinski definition) is 11. The van der Waals surface area contributed by atoms with Crippen LogP contribution in [0.5, 0.6) is 0 Å². The number of benzene rings is 1.